The third-order valence-electron chi connectivity index (χ3n) is 2.72. The zero-order chi connectivity index (χ0) is 14.7. The van der Waals surface area contributed by atoms with Gasteiger partial charge in [0.05, 0.1) is 21.8 Å². The van der Waals surface area contributed by atoms with Crippen molar-refractivity contribution in [1.82, 2.24) is 0 Å². The van der Waals surface area contributed by atoms with Gasteiger partial charge < -0.3 is 5.32 Å². The average molecular weight is 284 g/mol. The third kappa shape index (κ3) is 3.93. The number of sulfone groups is 1. The van der Waals surface area contributed by atoms with Crippen LogP contribution in [0.3, 0.4) is 0 Å². The number of benzene rings is 1. The van der Waals surface area contributed by atoms with Gasteiger partial charge in [-0.3, -0.25) is 0 Å². The predicted octanol–water partition coefficient (Wildman–Crippen LogP) is 2.32. The maximum atomic E-state index is 12.9. The van der Waals surface area contributed by atoms with E-state index in [4.69, 9.17) is 5.26 Å². The molecule has 0 unspecified atom stereocenters. The van der Waals surface area contributed by atoms with Gasteiger partial charge in [0.2, 0.25) is 0 Å². The Morgan fingerprint density at radius 1 is 1.37 bits per heavy atom. The lowest BCUT2D eigenvalue weighted by molar-refractivity contribution is 0.560. The molecule has 104 valence electrons. The fourth-order valence-corrected chi connectivity index (χ4v) is 2.37. The number of hydrogen-bond donors (Lipinski definition) is 1. The van der Waals surface area contributed by atoms with Crippen LogP contribution in [0.5, 0.6) is 0 Å². The van der Waals surface area contributed by atoms with Gasteiger partial charge in [-0.1, -0.05) is 0 Å². The Morgan fingerprint density at radius 3 is 2.53 bits per heavy atom. The second-order valence-electron chi connectivity index (χ2n) is 5.16. The molecule has 0 amide bonds. The molecule has 1 N–H and O–H groups in total. The molecule has 19 heavy (non-hydrogen) atoms. The first-order valence-electron chi connectivity index (χ1n) is 5.83. The maximum Gasteiger partial charge on any atom is 0.156 e. The molecule has 0 fully saturated rings. The lowest BCUT2D eigenvalue weighted by Gasteiger charge is -2.19. The normalized spacial score (nSPS) is 11.9. The Labute approximate surface area is 113 Å². The van der Waals surface area contributed by atoms with Crippen LogP contribution in [0.4, 0.5) is 10.1 Å². The first-order valence-corrected chi connectivity index (χ1v) is 7.48. The third-order valence-corrected chi connectivity index (χ3v) is 5.33. The van der Waals surface area contributed by atoms with E-state index >= 15 is 0 Å². The molecule has 0 bridgehead atoms. The molecule has 0 saturated carbocycles. The van der Waals surface area contributed by atoms with E-state index < -0.39 is 20.4 Å². The van der Waals surface area contributed by atoms with Gasteiger partial charge in [0, 0.05) is 6.54 Å². The molecule has 0 aromatic heterocycles. The summed E-state index contributed by atoms with van der Waals surface area (Å²) in [5.74, 6) is -0.539. The largest absolute Gasteiger partial charge is 0.383 e. The molecule has 0 atom stereocenters. The van der Waals surface area contributed by atoms with E-state index in [1.165, 1.54) is 12.1 Å². The molecular formula is C13H17FN2O2S. The Hall–Kier alpha value is -1.61. The van der Waals surface area contributed by atoms with Crippen LogP contribution in [0.15, 0.2) is 18.2 Å². The van der Waals surface area contributed by atoms with Gasteiger partial charge in [0.25, 0.3) is 0 Å². The summed E-state index contributed by atoms with van der Waals surface area (Å²) in [6.07, 6.45) is 0. The molecule has 0 aliphatic heterocycles. The molecule has 6 heteroatoms. The fourth-order valence-electron chi connectivity index (χ4n) is 1.39. The smallest absolute Gasteiger partial charge is 0.156 e. The predicted molar refractivity (Wildman–Crippen MR) is 73.1 cm³/mol. The highest BCUT2D eigenvalue weighted by Gasteiger charge is 2.28. The quantitative estimate of drug-likeness (QED) is 0.921. The molecule has 4 nitrogen and oxygen atoms in total. The summed E-state index contributed by atoms with van der Waals surface area (Å²) >= 11 is 0. The molecule has 0 heterocycles. The van der Waals surface area contributed by atoms with E-state index in [1.54, 1.807) is 20.8 Å². The summed E-state index contributed by atoms with van der Waals surface area (Å²) in [5, 5.41) is 11.7. The average Bonchev–Trinajstić information content (AvgIpc) is 2.29. The summed E-state index contributed by atoms with van der Waals surface area (Å²) in [6.45, 7) is 5.10. The topological polar surface area (TPSA) is 70.0 Å². The van der Waals surface area contributed by atoms with Crippen LogP contribution in [0.2, 0.25) is 0 Å². The molecule has 0 aliphatic carbocycles. The van der Waals surface area contributed by atoms with Crippen molar-refractivity contribution in [1.29, 1.82) is 5.26 Å². The van der Waals surface area contributed by atoms with Gasteiger partial charge >= 0.3 is 0 Å². The van der Waals surface area contributed by atoms with Gasteiger partial charge in [-0.25, -0.2) is 12.8 Å². The van der Waals surface area contributed by atoms with Gasteiger partial charge in [-0.2, -0.15) is 5.26 Å². The highest BCUT2D eigenvalue weighted by atomic mass is 32.2. The van der Waals surface area contributed by atoms with Crippen molar-refractivity contribution >= 4 is 15.5 Å². The summed E-state index contributed by atoms with van der Waals surface area (Å²) in [4.78, 5) is 0. The summed E-state index contributed by atoms with van der Waals surface area (Å²) in [5.41, 5.74) is 0.598. The minimum Gasteiger partial charge on any atom is -0.383 e. The van der Waals surface area contributed by atoms with Crippen molar-refractivity contribution in [2.75, 3.05) is 17.6 Å². The van der Waals surface area contributed by atoms with Crippen LogP contribution in [0.1, 0.15) is 26.3 Å². The van der Waals surface area contributed by atoms with Crippen LogP contribution in [0.25, 0.3) is 0 Å². The number of halogens is 1. The van der Waals surface area contributed by atoms with E-state index in [2.05, 4.69) is 5.32 Å². The van der Waals surface area contributed by atoms with E-state index in [-0.39, 0.29) is 17.9 Å². The van der Waals surface area contributed by atoms with Gasteiger partial charge in [0.15, 0.2) is 9.84 Å². The highest BCUT2D eigenvalue weighted by Crippen LogP contribution is 2.18. The lowest BCUT2D eigenvalue weighted by Crippen LogP contribution is -2.32. The van der Waals surface area contributed by atoms with E-state index in [1.807, 2.05) is 6.07 Å². The first kappa shape index (κ1) is 15.4. The molecule has 0 saturated heterocycles. The van der Waals surface area contributed by atoms with E-state index in [9.17, 15) is 12.8 Å². The van der Waals surface area contributed by atoms with Crippen molar-refractivity contribution in [3.63, 3.8) is 0 Å². The van der Waals surface area contributed by atoms with Crippen molar-refractivity contribution < 1.29 is 12.8 Å². The van der Waals surface area contributed by atoms with Crippen LogP contribution >= 0.6 is 0 Å². The van der Waals surface area contributed by atoms with Crippen molar-refractivity contribution in [2.24, 2.45) is 0 Å². The Balaban J connectivity index is 2.73. The summed E-state index contributed by atoms with van der Waals surface area (Å²) < 4.78 is 35.9. The van der Waals surface area contributed by atoms with Gasteiger partial charge in [0.1, 0.15) is 11.9 Å². The van der Waals surface area contributed by atoms with E-state index in [0.29, 0.717) is 5.69 Å². The molecule has 0 spiro atoms. The highest BCUT2D eigenvalue weighted by molar-refractivity contribution is 7.92. The van der Waals surface area contributed by atoms with Crippen molar-refractivity contribution in [3.05, 3.63) is 29.6 Å². The molecule has 1 rings (SSSR count). The Kier molecular flexibility index (Phi) is 4.53. The number of hydrogen-bond acceptors (Lipinski definition) is 4. The molecule has 1 aromatic carbocycles. The second-order valence-corrected chi connectivity index (χ2v) is 8.02. The lowest BCUT2D eigenvalue weighted by atomic mass is 10.2. The van der Waals surface area contributed by atoms with E-state index in [0.717, 1.165) is 6.07 Å². The second kappa shape index (κ2) is 5.57. The number of nitrogens with one attached hydrogen (secondary N) is 1. The van der Waals surface area contributed by atoms with Gasteiger partial charge in [-0.05, 0) is 39.0 Å². The minimum atomic E-state index is -3.22. The van der Waals surface area contributed by atoms with Crippen LogP contribution in [0, 0.1) is 17.1 Å². The zero-order valence-corrected chi connectivity index (χ0v) is 12.0. The number of nitriles is 1. The van der Waals surface area contributed by atoms with Gasteiger partial charge in [-0.15, -0.1) is 0 Å². The Morgan fingerprint density at radius 2 is 2.00 bits per heavy atom. The molecule has 0 radical (unpaired) electrons. The number of nitrogens with zero attached hydrogens (tertiary/aromatic N) is 1. The SMILES string of the molecule is CC(C)(C)S(=O)(=O)CCNc1ccc(F)cc1C#N. The Bertz CT molecular complexity index is 598. The number of anilines is 1. The van der Waals surface area contributed by atoms with Crippen molar-refractivity contribution in [3.8, 4) is 6.07 Å². The fraction of sp³-hybridized carbons (Fsp3) is 0.462. The standard InChI is InChI=1S/C13H17FN2O2S/c1-13(2,3)19(17,18)7-6-16-12-5-4-11(14)8-10(12)9-15/h4-5,8,16H,6-7H2,1-3H3. The first-order chi connectivity index (χ1) is 8.67. The van der Waals surface area contributed by atoms with Crippen LogP contribution in [-0.4, -0.2) is 25.5 Å². The summed E-state index contributed by atoms with van der Waals surface area (Å²) in [7, 11) is -3.22. The van der Waals surface area contributed by atoms with Crippen LogP contribution < -0.4 is 5.32 Å². The molecule has 1 aromatic rings. The summed E-state index contributed by atoms with van der Waals surface area (Å²) in [6, 6.07) is 5.63. The zero-order valence-electron chi connectivity index (χ0n) is 11.2. The van der Waals surface area contributed by atoms with Crippen LogP contribution in [-0.2, 0) is 9.84 Å². The number of rotatable bonds is 4. The molecular weight excluding hydrogens is 267 g/mol. The maximum absolute atomic E-state index is 12.9. The monoisotopic (exact) mass is 284 g/mol. The minimum absolute atomic E-state index is 0.0429. The van der Waals surface area contributed by atoms with Crippen molar-refractivity contribution in [2.45, 2.75) is 25.5 Å². The molecule has 0 aliphatic rings.